The molecule has 0 aliphatic carbocycles. The van der Waals surface area contributed by atoms with E-state index in [1.807, 2.05) is 0 Å². The number of anilines is 1. The fourth-order valence-electron chi connectivity index (χ4n) is 3.49. The highest BCUT2D eigenvalue weighted by Crippen LogP contribution is 2.26. The van der Waals surface area contributed by atoms with Gasteiger partial charge in [-0.25, -0.2) is 22.2 Å². The number of halogens is 1. The molecule has 2 amide bonds. The van der Waals surface area contributed by atoms with Gasteiger partial charge >= 0.3 is 0 Å². The van der Waals surface area contributed by atoms with Crippen molar-refractivity contribution in [3.05, 3.63) is 41.1 Å². The predicted molar refractivity (Wildman–Crippen MR) is 111 cm³/mol. The minimum absolute atomic E-state index is 0.0960. The van der Waals surface area contributed by atoms with Crippen molar-refractivity contribution in [2.24, 2.45) is 5.73 Å². The maximum Gasteiger partial charge on any atom is 0.271 e. The SMILES string of the molecule is CS(=O)(=O)N1CCC(n2cc(NC(=O)c3cnn4ccc(Cl)nc34)c(C(N)=O)n2)CC1. The summed E-state index contributed by atoms with van der Waals surface area (Å²) in [4.78, 5) is 28.8. The summed E-state index contributed by atoms with van der Waals surface area (Å²) in [7, 11) is -3.26. The van der Waals surface area contributed by atoms with Crippen LogP contribution in [-0.4, -0.2) is 68.3 Å². The van der Waals surface area contributed by atoms with Crippen LogP contribution in [0.4, 0.5) is 5.69 Å². The minimum Gasteiger partial charge on any atom is -0.364 e. The molecule has 1 aliphatic rings. The number of nitrogens with one attached hydrogen (secondary N) is 1. The van der Waals surface area contributed by atoms with Gasteiger partial charge in [-0.05, 0) is 18.9 Å². The Hall–Kier alpha value is -3.03. The van der Waals surface area contributed by atoms with Crippen molar-refractivity contribution in [2.75, 3.05) is 24.7 Å². The van der Waals surface area contributed by atoms with E-state index in [-0.39, 0.29) is 33.8 Å². The number of piperidine rings is 1. The lowest BCUT2D eigenvalue weighted by molar-refractivity contribution is 0.0995. The van der Waals surface area contributed by atoms with Crippen LogP contribution in [0.2, 0.25) is 5.15 Å². The normalized spacial score (nSPS) is 15.9. The Labute approximate surface area is 182 Å². The van der Waals surface area contributed by atoms with Crippen LogP contribution in [-0.2, 0) is 10.0 Å². The Kier molecular flexibility index (Phi) is 5.41. The van der Waals surface area contributed by atoms with Crippen LogP contribution in [0.15, 0.2) is 24.7 Å². The summed E-state index contributed by atoms with van der Waals surface area (Å²) < 4.78 is 27.7. The maximum atomic E-state index is 12.8. The highest BCUT2D eigenvalue weighted by molar-refractivity contribution is 7.88. The first-order valence-electron chi connectivity index (χ1n) is 9.29. The zero-order chi connectivity index (χ0) is 22.3. The molecule has 31 heavy (non-hydrogen) atoms. The second kappa shape index (κ2) is 7.90. The third-order valence-corrected chi connectivity index (χ3v) is 6.57. The van der Waals surface area contributed by atoms with Crippen LogP contribution >= 0.6 is 11.6 Å². The van der Waals surface area contributed by atoms with Crippen molar-refractivity contribution in [1.29, 1.82) is 0 Å². The average Bonchev–Trinajstić information content (AvgIpc) is 3.31. The standard InChI is InChI=1S/C17H19ClN8O4S/c1-31(29,30)24-5-2-10(3-6-24)26-9-12(14(23-26)15(19)27)21-17(28)11-8-20-25-7-4-13(18)22-16(11)25/h4,7-10H,2-3,5-6H2,1H3,(H2,19,27)(H,21,28). The van der Waals surface area contributed by atoms with Crippen molar-refractivity contribution in [3.63, 3.8) is 0 Å². The number of aromatic nitrogens is 5. The van der Waals surface area contributed by atoms with E-state index in [2.05, 4.69) is 20.5 Å². The topological polar surface area (TPSA) is 158 Å². The Morgan fingerprint density at radius 3 is 2.65 bits per heavy atom. The number of hydrogen-bond donors (Lipinski definition) is 2. The van der Waals surface area contributed by atoms with E-state index >= 15 is 0 Å². The molecule has 4 rings (SSSR count). The number of nitrogens with two attached hydrogens (primary N) is 1. The van der Waals surface area contributed by atoms with E-state index in [4.69, 9.17) is 17.3 Å². The van der Waals surface area contributed by atoms with Crippen LogP contribution < -0.4 is 11.1 Å². The van der Waals surface area contributed by atoms with E-state index in [0.29, 0.717) is 25.9 Å². The van der Waals surface area contributed by atoms with Crippen LogP contribution in [0, 0.1) is 0 Å². The first-order chi connectivity index (χ1) is 14.6. The number of amides is 2. The Balaban J connectivity index is 1.57. The average molecular weight is 467 g/mol. The molecule has 0 bridgehead atoms. The molecule has 0 unspecified atom stereocenters. The highest BCUT2D eigenvalue weighted by atomic mass is 35.5. The second-order valence-electron chi connectivity index (χ2n) is 7.16. The first-order valence-corrected chi connectivity index (χ1v) is 11.5. The molecule has 1 aliphatic heterocycles. The summed E-state index contributed by atoms with van der Waals surface area (Å²) >= 11 is 5.91. The molecule has 3 aromatic rings. The Morgan fingerprint density at radius 2 is 2.00 bits per heavy atom. The van der Waals surface area contributed by atoms with Gasteiger partial charge in [0.2, 0.25) is 10.0 Å². The van der Waals surface area contributed by atoms with Crippen LogP contribution in [0.5, 0.6) is 0 Å². The lowest BCUT2D eigenvalue weighted by atomic mass is 10.1. The fraction of sp³-hybridized carbons (Fsp3) is 0.353. The van der Waals surface area contributed by atoms with Gasteiger partial charge in [0.05, 0.1) is 24.2 Å². The van der Waals surface area contributed by atoms with Gasteiger partial charge in [-0.3, -0.25) is 14.3 Å². The summed E-state index contributed by atoms with van der Waals surface area (Å²) in [6.45, 7) is 0.678. The summed E-state index contributed by atoms with van der Waals surface area (Å²) in [5.41, 5.74) is 5.90. The molecular weight excluding hydrogens is 448 g/mol. The number of primary amides is 1. The van der Waals surface area contributed by atoms with Gasteiger partial charge in [0.1, 0.15) is 10.7 Å². The van der Waals surface area contributed by atoms with E-state index in [9.17, 15) is 18.0 Å². The van der Waals surface area contributed by atoms with E-state index in [0.717, 1.165) is 0 Å². The second-order valence-corrected chi connectivity index (χ2v) is 9.53. The monoisotopic (exact) mass is 466 g/mol. The molecule has 0 spiro atoms. The van der Waals surface area contributed by atoms with Crippen LogP contribution in [0.25, 0.3) is 5.65 Å². The highest BCUT2D eigenvalue weighted by Gasteiger charge is 2.28. The quantitative estimate of drug-likeness (QED) is 0.519. The van der Waals surface area contributed by atoms with Gasteiger partial charge < -0.3 is 11.1 Å². The van der Waals surface area contributed by atoms with Gasteiger partial charge in [-0.1, -0.05) is 11.6 Å². The third kappa shape index (κ3) is 4.24. The van der Waals surface area contributed by atoms with Crippen LogP contribution in [0.1, 0.15) is 39.7 Å². The lowest BCUT2D eigenvalue weighted by Gasteiger charge is -2.30. The number of fused-ring (bicyclic) bond motifs is 1. The van der Waals surface area contributed by atoms with Crippen molar-refractivity contribution >= 4 is 44.8 Å². The molecule has 0 radical (unpaired) electrons. The molecule has 4 heterocycles. The molecule has 0 aromatic carbocycles. The Bertz CT molecular complexity index is 1280. The molecular formula is C17H19ClN8O4S. The van der Waals surface area contributed by atoms with Gasteiger partial charge in [0, 0.05) is 25.5 Å². The molecule has 1 fully saturated rings. The smallest absolute Gasteiger partial charge is 0.271 e. The summed E-state index contributed by atoms with van der Waals surface area (Å²) in [6.07, 6.45) is 6.61. The van der Waals surface area contributed by atoms with Crippen molar-refractivity contribution in [1.82, 2.24) is 28.7 Å². The van der Waals surface area contributed by atoms with Crippen LogP contribution in [0.3, 0.4) is 0 Å². The number of rotatable bonds is 5. The van der Waals surface area contributed by atoms with E-state index in [1.165, 1.54) is 33.5 Å². The Morgan fingerprint density at radius 1 is 1.29 bits per heavy atom. The number of carbonyl (C=O) groups excluding carboxylic acids is 2. The van der Waals surface area contributed by atoms with E-state index < -0.39 is 21.8 Å². The lowest BCUT2D eigenvalue weighted by Crippen LogP contribution is -2.38. The number of hydrogen-bond acceptors (Lipinski definition) is 7. The zero-order valence-electron chi connectivity index (χ0n) is 16.4. The molecule has 3 aromatic heterocycles. The van der Waals surface area contributed by atoms with Gasteiger partial charge in [0.15, 0.2) is 11.3 Å². The molecule has 12 nitrogen and oxygen atoms in total. The minimum atomic E-state index is -3.26. The molecule has 0 atom stereocenters. The maximum absolute atomic E-state index is 12.8. The number of nitrogens with zero attached hydrogens (tertiary/aromatic N) is 6. The fourth-order valence-corrected chi connectivity index (χ4v) is 4.50. The first kappa shape index (κ1) is 21.2. The van der Waals surface area contributed by atoms with Gasteiger partial charge in [0.25, 0.3) is 11.8 Å². The van der Waals surface area contributed by atoms with Gasteiger partial charge in [-0.15, -0.1) is 0 Å². The molecule has 164 valence electrons. The molecule has 3 N–H and O–H groups in total. The van der Waals surface area contributed by atoms with E-state index in [1.54, 1.807) is 10.9 Å². The molecule has 14 heteroatoms. The summed E-state index contributed by atoms with van der Waals surface area (Å²) in [5, 5.41) is 11.1. The summed E-state index contributed by atoms with van der Waals surface area (Å²) in [6, 6.07) is 1.40. The molecule has 1 saturated heterocycles. The van der Waals surface area contributed by atoms with Gasteiger partial charge in [-0.2, -0.15) is 10.2 Å². The summed E-state index contributed by atoms with van der Waals surface area (Å²) in [5.74, 6) is -1.36. The third-order valence-electron chi connectivity index (χ3n) is 5.06. The van der Waals surface area contributed by atoms with Crippen molar-refractivity contribution < 1.29 is 18.0 Å². The molecule has 0 saturated carbocycles. The van der Waals surface area contributed by atoms with Crippen molar-refractivity contribution in [3.8, 4) is 0 Å². The predicted octanol–water partition coefficient (Wildman–Crippen LogP) is 0.527. The van der Waals surface area contributed by atoms with Crippen molar-refractivity contribution in [2.45, 2.75) is 18.9 Å². The largest absolute Gasteiger partial charge is 0.364 e. The number of carbonyl (C=O) groups is 2. The zero-order valence-corrected chi connectivity index (χ0v) is 18.0. The number of sulfonamides is 1.